The number of benzene rings is 1. The van der Waals surface area contributed by atoms with Crippen molar-refractivity contribution >= 4 is 29.1 Å². The van der Waals surface area contributed by atoms with E-state index in [0.29, 0.717) is 23.9 Å². The van der Waals surface area contributed by atoms with Gasteiger partial charge in [-0.3, -0.25) is 10.1 Å². The molecule has 0 bridgehead atoms. The van der Waals surface area contributed by atoms with Gasteiger partial charge in [0.15, 0.2) is 0 Å². The summed E-state index contributed by atoms with van der Waals surface area (Å²) in [6, 6.07) is 2.64. The molecule has 1 aromatic carbocycles. The summed E-state index contributed by atoms with van der Waals surface area (Å²) in [7, 11) is 0. The van der Waals surface area contributed by atoms with Gasteiger partial charge in [-0.05, 0) is 48.4 Å². The standard InChI is InChI=1S/C17H21Cl2N3O/c18-14-5-11-7-22(8-12(11)6-15(14)19)16(23)3-4-17(13-1-2-13)9-20-10-21-17/h5-6,13,20-21H,1-4,7-10H2/t17-/m1/s1/i7D2,8D2. The molecule has 4 nitrogen and oxygen atoms in total. The number of amides is 1. The second-order valence-corrected chi connectivity index (χ2v) is 7.29. The third-order valence-corrected chi connectivity index (χ3v) is 5.65. The van der Waals surface area contributed by atoms with Crippen LogP contribution >= 0.6 is 23.2 Å². The maximum absolute atomic E-state index is 13.0. The fraction of sp³-hybridized carbons (Fsp3) is 0.588. The normalized spacial score (nSPS) is 33.6. The molecule has 2 N–H and O–H groups in total. The van der Waals surface area contributed by atoms with Gasteiger partial charge in [-0.15, -0.1) is 0 Å². The number of hydrogen-bond acceptors (Lipinski definition) is 3. The van der Waals surface area contributed by atoms with Crippen molar-refractivity contribution in [3.63, 3.8) is 0 Å². The minimum Gasteiger partial charge on any atom is -0.334 e. The number of nitrogens with one attached hydrogen (secondary N) is 2. The van der Waals surface area contributed by atoms with Crippen LogP contribution < -0.4 is 10.6 Å². The summed E-state index contributed by atoms with van der Waals surface area (Å²) < 4.78 is 33.7. The molecule has 2 fully saturated rings. The van der Waals surface area contributed by atoms with E-state index in [4.69, 9.17) is 28.7 Å². The highest BCUT2D eigenvalue weighted by Crippen LogP contribution is 2.43. The van der Waals surface area contributed by atoms with Crippen LogP contribution in [0.3, 0.4) is 0 Å². The average Bonchev–Trinajstić information content (AvgIpc) is 3.31. The molecule has 4 rings (SSSR count). The zero-order valence-electron chi connectivity index (χ0n) is 16.6. The number of nitrogens with zero attached hydrogens (tertiary/aromatic N) is 1. The largest absolute Gasteiger partial charge is 0.334 e. The molecule has 1 amide bonds. The van der Waals surface area contributed by atoms with Crippen molar-refractivity contribution in [1.82, 2.24) is 15.5 Å². The maximum atomic E-state index is 13.0. The Morgan fingerprint density at radius 1 is 1.30 bits per heavy atom. The number of fused-ring (bicyclic) bond motifs is 1. The van der Waals surface area contributed by atoms with E-state index in [1.807, 2.05) is 0 Å². The summed E-state index contributed by atoms with van der Waals surface area (Å²) >= 11 is 12.0. The lowest BCUT2D eigenvalue weighted by Gasteiger charge is -2.29. The first-order chi connectivity index (χ1) is 12.6. The number of halogens is 2. The highest BCUT2D eigenvalue weighted by molar-refractivity contribution is 6.42. The van der Waals surface area contributed by atoms with Gasteiger partial charge in [-0.1, -0.05) is 23.2 Å². The van der Waals surface area contributed by atoms with Crippen LogP contribution in [-0.4, -0.2) is 29.6 Å². The van der Waals surface area contributed by atoms with Gasteiger partial charge < -0.3 is 10.2 Å². The van der Waals surface area contributed by atoms with Gasteiger partial charge in [0.05, 0.1) is 15.5 Å². The molecule has 2 heterocycles. The van der Waals surface area contributed by atoms with E-state index >= 15 is 0 Å². The summed E-state index contributed by atoms with van der Waals surface area (Å²) in [5, 5.41) is 7.00. The molecule has 0 aromatic heterocycles. The molecule has 2 aliphatic heterocycles. The van der Waals surface area contributed by atoms with Gasteiger partial charge in [0.2, 0.25) is 5.91 Å². The van der Waals surface area contributed by atoms with E-state index < -0.39 is 18.9 Å². The maximum Gasteiger partial charge on any atom is 0.223 e. The Labute approximate surface area is 152 Å². The van der Waals surface area contributed by atoms with Gasteiger partial charge in [0, 0.05) is 38.2 Å². The molecule has 1 saturated heterocycles. The number of hydrogen-bond donors (Lipinski definition) is 2. The van der Waals surface area contributed by atoms with Gasteiger partial charge >= 0.3 is 0 Å². The fourth-order valence-electron chi connectivity index (χ4n) is 3.46. The lowest BCUT2D eigenvalue weighted by Crippen LogP contribution is -2.45. The molecule has 124 valence electrons. The summed E-state index contributed by atoms with van der Waals surface area (Å²) in [6.07, 6.45) is 2.86. The van der Waals surface area contributed by atoms with E-state index in [2.05, 4.69) is 10.6 Å². The highest BCUT2D eigenvalue weighted by atomic mass is 35.5. The Kier molecular flexibility index (Phi) is 3.01. The van der Waals surface area contributed by atoms with Crippen molar-refractivity contribution in [3.8, 4) is 0 Å². The van der Waals surface area contributed by atoms with Crippen molar-refractivity contribution in [2.45, 2.75) is 44.2 Å². The quantitative estimate of drug-likeness (QED) is 0.870. The SMILES string of the molecule is [2H]C1([2H])c2cc(Cl)c(Cl)cc2C([2H])([2H])N1C(=O)CC[C@]1(C2CC2)CNCN1. The molecule has 1 aliphatic carbocycles. The zero-order chi connectivity index (χ0) is 19.6. The van der Waals surface area contributed by atoms with Crippen LogP contribution in [0.4, 0.5) is 0 Å². The third-order valence-electron chi connectivity index (χ3n) is 4.92. The van der Waals surface area contributed by atoms with Crippen molar-refractivity contribution in [2.24, 2.45) is 5.92 Å². The van der Waals surface area contributed by atoms with Gasteiger partial charge in [0.1, 0.15) is 0 Å². The Morgan fingerprint density at radius 3 is 2.48 bits per heavy atom. The third kappa shape index (κ3) is 2.98. The lowest BCUT2D eigenvalue weighted by atomic mass is 9.88. The summed E-state index contributed by atoms with van der Waals surface area (Å²) in [5.74, 6) is -0.0376. The van der Waals surface area contributed by atoms with Crippen LogP contribution in [-0.2, 0) is 17.8 Å². The minimum atomic E-state index is -2.29. The van der Waals surface area contributed by atoms with E-state index in [-0.39, 0.29) is 33.1 Å². The van der Waals surface area contributed by atoms with Crippen molar-refractivity contribution in [1.29, 1.82) is 0 Å². The summed E-state index contributed by atoms with van der Waals surface area (Å²) in [4.78, 5) is 13.7. The first kappa shape index (κ1) is 11.7. The molecule has 1 atom stereocenters. The second kappa shape index (κ2) is 5.92. The molecule has 23 heavy (non-hydrogen) atoms. The highest BCUT2D eigenvalue weighted by Gasteiger charge is 2.46. The van der Waals surface area contributed by atoms with Gasteiger partial charge in [-0.2, -0.15) is 0 Å². The average molecular weight is 358 g/mol. The predicted molar refractivity (Wildman–Crippen MR) is 91.4 cm³/mol. The summed E-state index contributed by atoms with van der Waals surface area (Å²) in [5.41, 5.74) is -0.0606. The molecule has 3 aliphatic rings. The monoisotopic (exact) mass is 357 g/mol. The van der Waals surface area contributed by atoms with E-state index in [1.165, 1.54) is 12.1 Å². The first-order valence-corrected chi connectivity index (χ1v) is 8.64. The molecule has 6 heteroatoms. The predicted octanol–water partition coefficient (Wildman–Crippen LogP) is 2.91. The Hall–Kier alpha value is -0.810. The van der Waals surface area contributed by atoms with Crippen molar-refractivity contribution in [2.75, 3.05) is 13.2 Å². The van der Waals surface area contributed by atoms with Crippen LogP contribution in [0.5, 0.6) is 0 Å². The summed E-state index contributed by atoms with van der Waals surface area (Å²) in [6.45, 7) is -3.12. The van der Waals surface area contributed by atoms with Crippen LogP contribution in [0.25, 0.3) is 0 Å². The fourth-order valence-corrected chi connectivity index (χ4v) is 3.79. The van der Waals surface area contributed by atoms with E-state index in [1.54, 1.807) is 0 Å². The second-order valence-electron chi connectivity index (χ2n) is 6.48. The zero-order valence-corrected chi connectivity index (χ0v) is 14.1. The van der Waals surface area contributed by atoms with Gasteiger partial charge in [-0.25, -0.2) is 0 Å². The number of rotatable bonds is 4. The van der Waals surface area contributed by atoms with Crippen LogP contribution in [0.1, 0.15) is 42.3 Å². The van der Waals surface area contributed by atoms with Crippen molar-refractivity contribution in [3.05, 3.63) is 33.3 Å². The smallest absolute Gasteiger partial charge is 0.223 e. The van der Waals surface area contributed by atoms with Gasteiger partial charge in [0.25, 0.3) is 0 Å². The van der Waals surface area contributed by atoms with E-state index in [0.717, 1.165) is 19.4 Å². The first-order valence-electron chi connectivity index (χ1n) is 9.88. The Morgan fingerprint density at radius 2 is 1.96 bits per heavy atom. The molecule has 0 radical (unpaired) electrons. The van der Waals surface area contributed by atoms with Crippen LogP contribution in [0, 0.1) is 5.92 Å². The topological polar surface area (TPSA) is 44.4 Å². The Balaban J connectivity index is 1.60. The molecular weight excluding hydrogens is 333 g/mol. The van der Waals surface area contributed by atoms with E-state index in [9.17, 15) is 4.79 Å². The number of carbonyl (C=O) groups is 1. The van der Waals surface area contributed by atoms with Crippen LogP contribution in [0.15, 0.2) is 12.1 Å². The van der Waals surface area contributed by atoms with Crippen molar-refractivity contribution < 1.29 is 10.3 Å². The Bertz CT molecular complexity index is 754. The molecule has 1 aromatic rings. The van der Waals surface area contributed by atoms with Crippen LogP contribution in [0.2, 0.25) is 10.0 Å². The molecular formula is C17H21Cl2N3O. The molecule has 0 unspecified atom stereocenters. The minimum absolute atomic E-state index is 0.0489. The molecule has 1 saturated carbocycles. The molecule has 0 spiro atoms. The number of carbonyl (C=O) groups excluding carboxylic acids is 1. The lowest BCUT2D eigenvalue weighted by molar-refractivity contribution is -0.132.